The molecule has 0 bridgehead atoms. The molecule has 1 heterocycles. The average molecular weight is 247 g/mol. The number of nitro benzene ring substituents is 1. The van der Waals surface area contributed by atoms with E-state index in [1.165, 1.54) is 18.2 Å². The molecular formula is C12H13N3O3. The molecule has 1 aromatic carbocycles. The molecule has 1 aromatic rings. The topological polar surface area (TPSA) is 88.2 Å². The molecule has 6 heteroatoms. The average Bonchev–Trinajstić information content (AvgIpc) is 2.40. The lowest BCUT2D eigenvalue weighted by Crippen LogP contribution is -2.34. The van der Waals surface area contributed by atoms with Gasteiger partial charge in [0.05, 0.1) is 4.92 Å². The minimum atomic E-state index is -0.519. The van der Waals surface area contributed by atoms with Crippen molar-refractivity contribution < 1.29 is 9.66 Å². The van der Waals surface area contributed by atoms with Gasteiger partial charge in [0.15, 0.2) is 0 Å². The molecule has 18 heavy (non-hydrogen) atoms. The number of nitrogens with one attached hydrogen (secondary N) is 1. The van der Waals surface area contributed by atoms with E-state index in [0.717, 1.165) is 25.9 Å². The molecule has 0 aliphatic carbocycles. The number of benzene rings is 1. The first-order chi connectivity index (χ1) is 8.70. The number of piperidine rings is 1. The quantitative estimate of drug-likeness (QED) is 0.647. The summed E-state index contributed by atoms with van der Waals surface area (Å²) in [7, 11) is 0. The second kappa shape index (κ2) is 5.47. The Hall–Kier alpha value is -2.13. The van der Waals surface area contributed by atoms with Gasteiger partial charge in [0.1, 0.15) is 23.5 Å². The third-order valence-electron chi connectivity index (χ3n) is 2.87. The van der Waals surface area contributed by atoms with Gasteiger partial charge in [-0.2, -0.15) is 5.26 Å². The molecular weight excluding hydrogens is 234 g/mol. The van der Waals surface area contributed by atoms with E-state index in [1.54, 1.807) is 0 Å². The van der Waals surface area contributed by atoms with Crippen LogP contribution in [-0.2, 0) is 0 Å². The number of nitro groups is 1. The zero-order valence-electron chi connectivity index (χ0n) is 9.76. The van der Waals surface area contributed by atoms with Gasteiger partial charge in [-0.3, -0.25) is 10.1 Å². The van der Waals surface area contributed by atoms with E-state index in [9.17, 15) is 10.1 Å². The first kappa shape index (κ1) is 12.3. The summed E-state index contributed by atoms with van der Waals surface area (Å²) in [5.74, 6) is 0.426. The Morgan fingerprint density at radius 2 is 2.17 bits per heavy atom. The maximum atomic E-state index is 10.6. The zero-order chi connectivity index (χ0) is 13.0. The number of hydrogen-bond donors (Lipinski definition) is 1. The van der Waals surface area contributed by atoms with Gasteiger partial charge < -0.3 is 10.1 Å². The lowest BCUT2D eigenvalue weighted by Gasteiger charge is -2.24. The molecule has 94 valence electrons. The molecule has 0 spiro atoms. The molecule has 0 unspecified atom stereocenters. The predicted molar refractivity (Wildman–Crippen MR) is 64.3 cm³/mol. The fourth-order valence-corrected chi connectivity index (χ4v) is 1.91. The summed E-state index contributed by atoms with van der Waals surface area (Å²) in [4.78, 5) is 10.1. The molecule has 0 aromatic heterocycles. The molecule has 1 aliphatic heterocycles. The molecule has 0 amide bonds. The van der Waals surface area contributed by atoms with Crippen LogP contribution in [0.15, 0.2) is 18.2 Å². The summed E-state index contributed by atoms with van der Waals surface area (Å²) in [6, 6.07) is 6.04. The Bertz CT molecular complexity index is 490. The van der Waals surface area contributed by atoms with Crippen molar-refractivity contribution in [1.82, 2.24) is 5.32 Å². The molecule has 1 aliphatic rings. The van der Waals surface area contributed by atoms with E-state index in [-0.39, 0.29) is 17.4 Å². The second-order valence-electron chi connectivity index (χ2n) is 4.12. The number of rotatable bonds is 3. The van der Waals surface area contributed by atoms with E-state index >= 15 is 0 Å². The number of ether oxygens (including phenoxy) is 1. The molecule has 1 fully saturated rings. The number of nitrogens with zero attached hydrogens (tertiary/aromatic N) is 2. The van der Waals surface area contributed by atoms with Crippen molar-refractivity contribution in [3.63, 3.8) is 0 Å². The summed E-state index contributed by atoms with van der Waals surface area (Å²) in [5, 5.41) is 22.8. The van der Waals surface area contributed by atoms with Crippen LogP contribution >= 0.6 is 0 Å². The van der Waals surface area contributed by atoms with Crippen molar-refractivity contribution in [2.75, 3.05) is 13.1 Å². The number of nitriles is 1. The summed E-state index contributed by atoms with van der Waals surface area (Å²) in [6.45, 7) is 1.78. The normalized spacial score (nSPS) is 15.9. The number of non-ortho nitro benzene ring substituents is 1. The van der Waals surface area contributed by atoms with Crippen LogP contribution in [-0.4, -0.2) is 24.1 Å². The first-order valence-corrected chi connectivity index (χ1v) is 5.76. The van der Waals surface area contributed by atoms with E-state index in [0.29, 0.717) is 5.75 Å². The van der Waals surface area contributed by atoms with Gasteiger partial charge in [-0.05, 0) is 32.0 Å². The number of hydrogen-bond acceptors (Lipinski definition) is 5. The Morgan fingerprint density at radius 1 is 1.44 bits per heavy atom. The lowest BCUT2D eigenvalue weighted by atomic mass is 10.1. The molecule has 1 N–H and O–H groups in total. The van der Waals surface area contributed by atoms with Crippen molar-refractivity contribution >= 4 is 5.69 Å². The van der Waals surface area contributed by atoms with E-state index < -0.39 is 4.92 Å². The van der Waals surface area contributed by atoms with Gasteiger partial charge in [-0.25, -0.2) is 0 Å². The van der Waals surface area contributed by atoms with Crippen LogP contribution < -0.4 is 10.1 Å². The second-order valence-corrected chi connectivity index (χ2v) is 4.12. The van der Waals surface area contributed by atoms with Crippen LogP contribution in [0.2, 0.25) is 0 Å². The smallest absolute Gasteiger partial charge is 0.271 e. The van der Waals surface area contributed by atoms with Gasteiger partial charge >= 0.3 is 0 Å². The maximum Gasteiger partial charge on any atom is 0.271 e. The third kappa shape index (κ3) is 2.76. The van der Waals surface area contributed by atoms with E-state index in [4.69, 9.17) is 10.00 Å². The van der Waals surface area contributed by atoms with Crippen molar-refractivity contribution in [2.24, 2.45) is 0 Å². The molecule has 1 saturated heterocycles. The van der Waals surface area contributed by atoms with Gasteiger partial charge in [0.25, 0.3) is 5.69 Å². The zero-order valence-corrected chi connectivity index (χ0v) is 9.76. The highest BCUT2D eigenvalue weighted by Crippen LogP contribution is 2.25. The monoisotopic (exact) mass is 247 g/mol. The molecule has 0 radical (unpaired) electrons. The van der Waals surface area contributed by atoms with Gasteiger partial charge in [-0.1, -0.05) is 0 Å². The van der Waals surface area contributed by atoms with E-state index in [2.05, 4.69) is 5.32 Å². The minimum absolute atomic E-state index is 0.0693. The van der Waals surface area contributed by atoms with Crippen LogP contribution in [0.1, 0.15) is 18.4 Å². The van der Waals surface area contributed by atoms with Crippen LogP contribution in [0.5, 0.6) is 5.75 Å². The Morgan fingerprint density at radius 3 is 2.78 bits per heavy atom. The van der Waals surface area contributed by atoms with E-state index in [1.807, 2.05) is 6.07 Å². The largest absolute Gasteiger partial charge is 0.489 e. The summed E-state index contributed by atoms with van der Waals surface area (Å²) < 4.78 is 5.73. The van der Waals surface area contributed by atoms with Crippen LogP contribution in [0, 0.1) is 21.4 Å². The Labute approximate surface area is 104 Å². The lowest BCUT2D eigenvalue weighted by molar-refractivity contribution is -0.384. The van der Waals surface area contributed by atoms with Crippen molar-refractivity contribution in [3.05, 3.63) is 33.9 Å². The highest BCUT2D eigenvalue weighted by atomic mass is 16.6. The maximum absolute atomic E-state index is 10.6. The minimum Gasteiger partial charge on any atom is -0.489 e. The van der Waals surface area contributed by atoms with Crippen molar-refractivity contribution in [2.45, 2.75) is 18.9 Å². The molecule has 6 nitrogen and oxygen atoms in total. The fourth-order valence-electron chi connectivity index (χ4n) is 1.91. The fraction of sp³-hybridized carbons (Fsp3) is 0.417. The van der Waals surface area contributed by atoms with Gasteiger partial charge in [0.2, 0.25) is 0 Å². The Kier molecular flexibility index (Phi) is 3.75. The highest BCUT2D eigenvalue weighted by molar-refractivity contribution is 5.50. The van der Waals surface area contributed by atoms with Crippen LogP contribution in [0.4, 0.5) is 5.69 Å². The van der Waals surface area contributed by atoms with Gasteiger partial charge in [-0.15, -0.1) is 0 Å². The summed E-state index contributed by atoms with van der Waals surface area (Å²) >= 11 is 0. The predicted octanol–water partition coefficient (Wildman–Crippen LogP) is 1.60. The van der Waals surface area contributed by atoms with Gasteiger partial charge in [0, 0.05) is 12.1 Å². The summed E-state index contributed by atoms with van der Waals surface area (Å²) in [6.07, 6.45) is 1.82. The molecule has 0 atom stereocenters. The molecule has 2 rings (SSSR count). The third-order valence-corrected chi connectivity index (χ3v) is 2.87. The molecule has 0 saturated carbocycles. The van der Waals surface area contributed by atoms with Crippen molar-refractivity contribution in [1.29, 1.82) is 5.26 Å². The van der Waals surface area contributed by atoms with Crippen molar-refractivity contribution in [3.8, 4) is 11.8 Å². The summed E-state index contributed by atoms with van der Waals surface area (Å²) in [5.41, 5.74) is 0.118. The first-order valence-electron chi connectivity index (χ1n) is 5.76. The Balaban J connectivity index is 2.17. The van der Waals surface area contributed by atoms with Crippen LogP contribution in [0.3, 0.4) is 0 Å². The SMILES string of the molecule is N#Cc1cc([N+](=O)[O-])ccc1OC1CCNCC1. The van der Waals surface area contributed by atoms with Crippen LogP contribution in [0.25, 0.3) is 0 Å². The highest BCUT2D eigenvalue weighted by Gasteiger charge is 2.18. The standard InChI is InChI=1S/C12H13N3O3/c13-8-9-7-10(15(16)17)1-2-12(9)18-11-3-5-14-6-4-11/h1-2,7,11,14H,3-6H2.